The Morgan fingerprint density at radius 3 is 2.78 bits per heavy atom. The summed E-state index contributed by atoms with van der Waals surface area (Å²) in [5.41, 5.74) is 3.06. The van der Waals surface area contributed by atoms with E-state index in [1.54, 1.807) is 18.3 Å². The van der Waals surface area contributed by atoms with Gasteiger partial charge in [0.2, 0.25) is 0 Å². The van der Waals surface area contributed by atoms with E-state index in [0.717, 1.165) is 22.2 Å². The molecule has 6 nitrogen and oxygen atoms in total. The van der Waals surface area contributed by atoms with Crippen molar-refractivity contribution in [2.24, 2.45) is 0 Å². The molecule has 2 heterocycles. The number of aromatic amines is 1. The van der Waals surface area contributed by atoms with Crippen molar-refractivity contribution in [2.75, 3.05) is 0 Å². The molecule has 1 N–H and O–H groups in total. The summed E-state index contributed by atoms with van der Waals surface area (Å²) in [6.45, 7) is 3.97. The molecule has 0 aliphatic heterocycles. The number of hydrogen-bond acceptors (Lipinski definition) is 4. The third kappa shape index (κ3) is 2.90. The second-order valence-electron chi connectivity index (χ2n) is 5.40. The molecular weight excluding hydrogens is 292 g/mol. The monoisotopic (exact) mass is 306 g/mol. The maximum absolute atomic E-state index is 10.9. The molecule has 0 fully saturated rings. The Kier molecular flexibility index (Phi) is 3.77. The maximum atomic E-state index is 10.9. The minimum atomic E-state index is -0.392. The highest BCUT2D eigenvalue weighted by Gasteiger charge is 2.12. The first-order valence-electron chi connectivity index (χ1n) is 7.14. The highest BCUT2D eigenvalue weighted by molar-refractivity contribution is 5.80. The van der Waals surface area contributed by atoms with E-state index in [1.165, 1.54) is 12.4 Å². The standard InChI is InChI=1S/C17H14N4O2/c1-11(2)15-9-13(21(22)23)5-3-12(15)4-6-16-14-7-8-18-17(14)20-10-19-16/h3,5,7-11H,1-2H3,(H,18,19,20). The van der Waals surface area contributed by atoms with Gasteiger partial charge in [-0.15, -0.1) is 0 Å². The van der Waals surface area contributed by atoms with Gasteiger partial charge in [0.05, 0.1) is 10.3 Å². The lowest BCUT2D eigenvalue weighted by Gasteiger charge is -2.07. The van der Waals surface area contributed by atoms with Crippen LogP contribution < -0.4 is 0 Å². The molecule has 0 saturated carbocycles. The molecule has 0 unspecified atom stereocenters. The highest BCUT2D eigenvalue weighted by Crippen LogP contribution is 2.24. The van der Waals surface area contributed by atoms with E-state index in [2.05, 4.69) is 26.8 Å². The van der Waals surface area contributed by atoms with Crippen molar-refractivity contribution in [3.63, 3.8) is 0 Å². The van der Waals surface area contributed by atoms with Crippen molar-refractivity contribution in [3.8, 4) is 11.8 Å². The van der Waals surface area contributed by atoms with Gasteiger partial charge in [0, 0.05) is 23.9 Å². The molecule has 23 heavy (non-hydrogen) atoms. The molecule has 0 amide bonds. The Balaban J connectivity index is 2.07. The molecule has 3 rings (SSSR count). The summed E-state index contributed by atoms with van der Waals surface area (Å²) in [6, 6.07) is 6.62. The minimum Gasteiger partial charge on any atom is -0.346 e. The van der Waals surface area contributed by atoms with Crippen LogP contribution in [-0.4, -0.2) is 19.9 Å². The van der Waals surface area contributed by atoms with Crippen LogP contribution in [0, 0.1) is 22.0 Å². The van der Waals surface area contributed by atoms with Gasteiger partial charge in [0.1, 0.15) is 17.7 Å². The largest absolute Gasteiger partial charge is 0.346 e. The van der Waals surface area contributed by atoms with Crippen molar-refractivity contribution in [1.29, 1.82) is 0 Å². The smallest absolute Gasteiger partial charge is 0.269 e. The van der Waals surface area contributed by atoms with Gasteiger partial charge in [-0.25, -0.2) is 9.97 Å². The van der Waals surface area contributed by atoms with Crippen molar-refractivity contribution in [2.45, 2.75) is 19.8 Å². The normalized spacial score (nSPS) is 10.6. The topological polar surface area (TPSA) is 84.7 Å². The quantitative estimate of drug-likeness (QED) is 0.447. The van der Waals surface area contributed by atoms with Crippen LogP contribution in [-0.2, 0) is 0 Å². The van der Waals surface area contributed by atoms with Gasteiger partial charge in [-0.05, 0) is 29.5 Å². The zero-order chi connectivity index (χ0) is 16.4. The van der Waals surface area contributed by atoms with E-state index in [1.807, 2.05) is 19.9 Å². The molecule has 0 bridgehead atoms. The van der Waals surface area contributed by atoms with E-state index in [9.17, 15) is 10.1 Å². The van der Waals surface area contributed by atoms with Gasteiger partial charge >= 0.3 is 0 Å². The lowest BCUT2D eigenvalue weighted by molar-refractivity contribution is -0.384. The lowest BCUT2D eigenvalue weighted by atomic mass is 9.96. The number of nitro benzene ring substituents is 1. The third-order valence-electron chi connectivity index (χ3n) is 3.54. The molecule has 0 aliphatic carbocycles. The van der Waals surface area contributed by atoms with Crippen LogP contribution in [0.1, 0.15) is 36.6 Å². The molecule has 2 aromatic heterocycles. The molecule has 3 aromatic rings. The van der Waals surface area contributed by atoms with Crippen molar-refractivity contribution in [1.82, 2.24) is 15.0 Å². The molecule has 0 atom stereocenters. The predicted octanol–water partition coefficient (Wildman–Crippen LogP) is 3.39. The Bertz CT molecular complexity index is 948. The third-order valence-corrected chi connectivity index (χ3v) is 3.54. The number of rotatable bonds is 2. The Morgan fingerprint density at radius 2 is 2.04 bits per heavy atom. The van der Waals surface area contributed by atoms with Gasteiger partial charge in [-0.2, -0.15) is 0 Å². The lowest BCUT2D eigenvalue weighted by Crippen LogP contribution is -1.96. The molecule has 6 heteroatoms. The van der Waals surface area contributed by atoms with E-state index in [4.69, 9.17) is 0 Å². The van der Waals surface area contributed by atoms with Gasteiger partial charge in [0.25, 0.3) is 5.69 Å². The first kappa shape index (κ1) is 14.7. The van der Waals surface area contributed by atoms with E-state index < -0.39 is 4.92 Å². The number of nitrogens with one attached hydrogen (secondary N) is 1. The number of nitrogens with zero attached hydrogens (tertiary/aromatic N) is 3. The average molecular weight is 306 g/mol. The van der Waals surface area contributed by atoms with Crippen LogP contribution in [0.25, 0.3) is 11.0 Å². The summed E-state index contributed by atoms with van der Waals surface area (Å²) in [4.78, 5) is 21.9. The summed E-state index contributed by atoms with van der Waals surface area (Å²) in [7, 11) is 0. The summed E-state index contributed by atoms with van der Waals surface area (Å²) in [5, 5.41) is 11.8. The number of hydrogen-bond donors (Lipinski definition) is 1. The average Bonchev–Trinajstić information content (AvgIpc) is 3.01. The molecule has 114 valence electrons. The van der Waals surface area contributed by atoms with Crippen LogP contribution >= 0.6 is 0 Å². The number of non-ortho nitro benzene ring substituents is 1. The molecule has 0 radical (unpaired) electrons. The molecular formula is C17H14N4O2. The van der Waals surface area contributed by atoms with Crippen molar-refractivity contribution < 1.29 is 4.92 Å². The number of fused-ring (bicyclic) bond motifs is 1. The van der Waals surface area contributed by atoms with Gasteiger partial charge in [-0.1, -0.05) is 19.8 Å². The van der Waals surface area contributed by atoms with Crippen LogP contribution in [0.4, 0.5) is 5.69 Å². The minimum absolute atomic E-state index is 0.0781. The van der Waals surface area contributed by atoms with E-state index >= 15 is 0 Å². The zero-order valence-corrected chi connectivity index (χ0v) is 12.7. The Labute approximate surface area is 132 Å². The summed E-state index contributed by atoms with van der Waals surface area (Å²) in [6.07, 6.45) is 3.25. The van der Waals surface area contributed by atoms with Crippen LogP contribution in [0.5, 0.6) is 0 Å². The SMILES string of the molecule is CC(C)c1cc([N+](=O)[O-])ccc1C#Cc1ncnc2[nH]ccc12. The zero-order valence-electron chi connectivity index (χ0n) is 12.7. The molecule has 1 aromatic carbocycles. The van der Waals surface area contributed by atoms with Crippen molar-refractivity contribution in [3.05, 3.63) is 63.7 Å². The van der Waals surface area contributed by atoms with E-state index in [-0.39, 0.29) is 11.6 Å². The second kappa shape index (κ2) is 5.89. The summed E-state index contributed by atoms with van der Waals surface area (Å²) in [5.74, 6) is 6.26. The first-order chi connectivity index (χ1) is 11.1. The van der Waals surface area contributed by atoms with E-state index in [0.29, 0.717) is 5.69 Å². The summed E-state index contributed by atoms with van der Waals surface area (Å²) >= 11 is 0. The van der Waals surface area contributed by atoms with Gasteiger partial charge in [-0.3, -0.25) is 10.1 Å². The van der Waals surface area contributed by atoms with Crippen LogP contribution in [0.3, 0.4) is 0 Å². The van der Waals surface area contributed by atoms with Gasteiger partial charge in [0.15, 0.2) is 0 Å². The second-order valence-corrected chi connectivity index (χ2v) is 5.40. The predicted molar refractivity (Wildman–Crippen MR) is 87.1 cm³/mol. The number of benzene rings is 1. The Hall–Kier alpha value is -3.20. The first-order valence-corrected chi connectivity index (χ1v) is 7.14. The molecule has 0 saturated heterocycles. The Morgan fingerprint density at radius 1 is 1.22 bits per heavy atom. The fraction of sp³-hybridized carbons (Fsp3) is 0.176. The molecule has 0 aliphatic rings. The number of H-pyrrole nitrogens is 1. The number of nitro groups is 1. The van der Waals surface area contributed by atoms with Crippen LogP contribution in [0.15, 0.2) is 36.8 Å². The summed E-state index contributed by atoms with van der Waals surface area (Å²) < 4.78 is 0. The number of aromatic nitrogens is 3. The fourth-order valence-electron chi connectivity index (χ4n) is 2.35. The van der Waals surface area contributed by atoms with Crippen LogP contribution in [0.2, 0.25) is 0 Å². The van der Waals surface area contributed by atoms with Crippen molar-refractivity contribution >= 4 is 16.7 Å². The van der Waals surface area contributed by atoms with Gasteiger partial charge < -0.3 is 4.98 Å². The fourth-order valence-corrected chi connectivity index (χ4v) is 2.35. The highest BCUT2D eigenvalue weighted by atomic mass is 16.6. The maximum Gasteiger partial charge on any atom is 0.269 e. The molecule has 0 spiro atoms.